The van der Waals surface area contributed by atoms with E-state index in [9.17, 15) is 5.11 Å². The van der Waals surface area contributed by atoms with Crippen molar-refractivity contribution in [1.29, 1.82) is 0 Å². The highest BCUT2D eigenvalue weighted by Gasteiger charge is 2.19. The molecule has 5 heteroatoms. The number of ether oxygens (including phenoxy) is 1. The lowest BCUT2D eigenvalue weighted by Crippen LogP contribution is -2.20. The quantitative estimate of drug-likeness (QED) is 0.887. The fraction of sp³-hybridized carbons (Fsp3) is 0.500. The first-order chi connectivity index (χ1) is 10.3. The molecule has 1 unspecified atom stereocenters. The van der Waals surface area contributed by atoms with Crippen molar-refractivity contribution in [3.8, 4) is 11.4 Å². The summed E-state index contributed by atoms with van der Waals surface area (Å²) in [6.07, 6.45) is 8.64. The zero-order chi connectivity index (χ0) is 14.5. The molecule has 1 aliphatic rings. The first-order valence-electron chi connectivity index (χ1n) is 7.58. The van der Waals surface area contributed by atoms with Crippen LogP contribution in [0.25, 0.3) is 5.69 Å². The van der Waals surface area contributed by atoms with Crippen LogP contribution < -0.4 is 4.74 Å². The Morgan fingerprint density at radius 1 is 1.29 bits per heavy atom. The summed E-state index contributed by atoms with van der Waals surface area (Å²) in [6, 6.07) is 7.66. The summed E-state index contributed by atoms with van der Waals surface area (Å²) in [5.74, 6) is 1.38. The summed E-state index contributed by atoms with van der Waals surface area (Å²) in [7, 11) is 0. The van der Waals surface area contributed by atoms with Crippen LogP contribution in [0.5, 0.6) is 5.75 Å². The van der Waals surface area contributed by atoms with Crippen molar-refractivity contribution in [2.75, 3.05) is 6.61 Å². The maximum atomic E-state index is 10.1. The molecule has 112 valence electrons. The minimum Gasteiger partial charge on any atom is -0.489 e. The number of aliphatic hydroxyl groups is 1. The van der Waals surface area contributed by atoms with Crippen LogP contribution in [0, 0.1) is 5.92 Å². The van der Waals surface area contributed by atoms with E-state index in [-0.39, 0.29) is 0 Å². The molecule has 0 radical (unpaired) electrons. The van der Waals surface area contributed by atoms with Crippen LogP contribution in [0.1, 0.15) is 32.1 Å². The highest BCUT2D eigenvalue weighted by atomic mass is 16.5. The average molecular weight is 287 g/mol. The van der Waals surface area contributed by atoms with Gasteiger partial charge in [-0.15, -0.1) is 0 Å². The summed E-state index contributed by atoms with van der Waals surface area (Å²) in [5, 5.41) is 14.3. The summed E-state index contributed by atoms with van der Waals surface area (Å²) >= 11 is 0. The van der Waals surface area contributed by atoms with Gasteiger partial charge in [-0.3, -0.25) is 0 Å². The van der Waals surface area contributed by atoms with E-state index in [0.29, 0.717) is 18.3 Å². The molecule has 1 atom stereocenters. The van der Waals surface area contributed by atoms with Crippen LogP contribution in [-0.4, -0.2) is 32.6 Å². The van der Waals surface area contributed by atoms with Crippen LogP contribution >= 0.6 is 0 Å². The molecule has 21 heavy (non-hydrogen) atoms. The number of nitrogens with zero attached hydrogens (tertiary/aromatic N) is 3. The molecule has 1 N–H and O–H groups in total. The van der Waals surface area contributed by atoms with Crippen LogP contribution in [0.2, 0.25) is 0 Å². The number of aromatic nitrogens is 3. The van der Waals surface area contributed by atoms with E-state index >= 15 is 0 Å². The van der Waals surface area contributed by atoms with Crippen molar-refractivity contribution in [1.82, 2.24) is 14.8 Å². The largest absolute Gasteiger partial charge is 0.489 e. The van der Waals surface area contributed by atoms with Crippen LogP contribution in [0.4, 0.5) is 0 Å². The van der Waals surface area contributed by atoms with E-state index in [1.54, 1.807) is 11.0 Å². The number of hydrogen-bond acceptors (Lipinski definition) is 4. The standard InChI is InChI=1S/C16H21N3O2/c20-14(9-13-5-1-2-6-13)10-21-16-8-4-3-7-15(16)19-12-17-11-18-19/h3-4,7-8,11-14,20H,1-2,5-6,9-10H2. The Balaban J connectivity index is 1.60. The van der Waals surface area contributed by atoms with Gasteiger partial charge in [-0.25, -0.2) is 9.67 Å². The first kappa shape index (κ1) is 14.1. The van der Waals surface area contributed by atoms with E-state index in [4.69, 9.17) is 4.74 Å². The second-order valence-corrected chi connectivity index (χ2v) is 5.66. The number of para-hydroxylation sites is 2. The summed E-state index contributed by atoms with van der Waals surface area (Å²) in [5.41, 5.74) is 0.836. The van der Waals surface area contributed by atoms with Crippen LogP contribution in [-0.2, 0) is 0 Å². The van der Waals surface area contributed by atoms with Gasteiger partial charge in [0.2, 0.25) is 0 Å². The Labute approximate surface area is 124 Å². The van der Waals surface area contributed by atoms with E-state index in [2.05, 4.69) is 10.1 Å². The maximum absolute atomic E-state index is 10.1. The van der Waals surface area contributed by atoms with Crippen molar-refractivity contribution in [2.45, 2.75) is 38.2 Å². The number of aliphatic hydroxyl groups excluding tert-OH is 1. The molecule has 0 bridgehead atoms. The van der Waals surface area contributed by atoms with Gasteiger partial charge in [-0.1, -0.05) is 37.8 Å². The van der Waals surface area contributed by atoms with Gasteiger partial charge in [0, 0.05) is 0 Å². The Hall–Kier alpha value is -1.88. The third-order valence-electron chi connectivity index (χ3n) is 4.04. The van der Waals surface area contributed by atoms with Gasteiger partial charge < -0.3 is 9.84 Å². The van der Waals surface area contributed by atoms with Gasteiger partial charge in [0.05, 0.1) is 6.10 Å². The van der Waals surface area contributed by atoms with E-state index in [1.165, 1.54) is 32.0 Å². The van der Waals surface area contributed by atoms with E-state index in [0.717, 1.165) is 12.1 Å². The monoisotopic (exact) mass is 287 g/mol. The third-order valence-corrected chi connectivity index (χ3v) is 4.04. The average Bonchev–Trinajstić information content (AvgIpc) is 3.18. The highest BCUT2D eigenvalue weighted by Crippen LogP contribution is 2.29. The van der Waals surface area contributed by atoms with E-state index in [1.807, 2.05) is 24.3 Å². The van der Waals surface area contributed by atoms with Gasteiger partial charge >= 0.3 is 0 Å². The van der Waals surface area contributed by atoms with Crippen molar-refractivity contribution < 1.29 is 9.84 Å². The lowest BCUT2D eigenvalue weighted by atomic mass is 10.0. The minimum absolute atomic E-state index is 0.322. The molecule has 1 fully saturated rings. The summed E-state index contributed by atoms with van der Waals surface area (Å²) < 4.78 is 7.46. The molecule has 3 rings (SSSR count). The zero-order valence-corrected chi connectivity index (χ0v) is 12.1. The predicted molar refractivity (Wildman–Crippen MR) is 79.4 cm³/mol. The van der Waals surface area contributed by atoms with Crippen molar-refractivity contribution in [3.63, 3.8) is 0 Å². The van der Waals surface area contributed by atoms with Crippen molar-refractivity contribution in [2.24, 2.45) is 5.92 Å². The molecule has 5 nitrogen and oxygen atoms in total. The molecule has 1 aromatic heterocycles. The molecule has 0 saturated heterocycles. The molecule has 0 spiro atoms. The molecule has 2 aromatic rings. The normalized spacial score (nSPS) is 17.0. The van der Waals surface area contributed by atoms with Gasteiger partial charge in [0.25, 0.3) is 0 Å². The molecular weight excluding hydrogens is 266 g/mol. The SMILES string of the molecule is OC(COc1ccccc1-n1cncn1)CC1CCCC1. The van der Waals surface area contributed by atoms with Crippen LogP contribution in [0.3, 0.4) is 0 Å². The number of rotatable bonds is 6. The Bertz CT molecular complexity index is 550. The molecule has 1 heterocycles. The number of benzene rings is 1. The molecular formula is C16H21N3O2. The summed E-state index contributed by atoms with van der Waals surface area (Å²) in [4.78, 5) is 3.95. The van der Waals surface area contributed by atoms with Gasteiger partial charge in [-0.2, -0.15) is 5.10 Å². The summed E-state index contributed by atoms with van der Waals surface area (Å²) in [6.45, 7) is 0.322. The second-order valence-electron chi connectivity index (χ2n) is 5.66. The maximum Gasteiger partial charge on any atom is 0.145 e. The van der Waals surface area contributed by atoms with Crippen LogP contribution in [0.15, 0.2) is 36.9 Å². The molecule has 1 saturated carbocycles. The Morgan fingerprint density at radius 3 is 2.86 bits per heavy atom. The Kier molecular flexibility index (Phi) is 4.50. The van der Waals surface area contributed by atoms with Gasteiger partial charge in [-0.05, 0) is 24.5 Å². The predicted octanol–water partition coefficient (Wildman–Crippen LogP) is 2.59. The van der Waals surface area contributed by atoms with Crippen molar-refractivity contribution >= 4 is 0 Å². The van der Waals surface area contributed by atoms with E-state index < -0.39 is 6.10 Å². The first-order valence-corrected chi connectivity index (χ1v) is 7.58. The van der Waals surface area contributed by atoms with Crippen molar-refractivity contribution in [3.05, 3.63) is 36.9 Å². The fourth-order valence-corrected chi connectivity index (χ4v) is 2.99. The minimum atomic E-state index is -0.406. The molecule has 0 amide bonds. The molecule has 1 aromatic carbocycles. The smallest absolute Gasteiger partial charge is 0.145 e. The molecule has 1 aliphatic carbocycles. The zero-order valence-electron chi connectivity index (χ0n) is 12.1. The fourth-order valence-electron chi connectivity index (χ4n) is 2.99. The lowest BCUT2D eigenvalue weighted by molar-refractivity contribution is 0.0854. The van der Waals surface area contributed by atoms with Gasteiger partial charge in [0.15, 0.2) is 0 Å². The number of hydrogen-bond donors (Lipinski definition) is 1. The third kappa shape index (κ3) is 3.61. The lowest BCUT2D eigenvalue weighted by Gasteiger charge is -2.17. The highest BCUT2D eigenvalue weighted by molar-refractivity contribution is 5.45. The second kappa shape index (κ2) is 6.72. The molecule has 0 aliphatic heterocycles. The topological polar surface area (TPSA) is 60.2 Å². The van der Waals surface area contributed by atoms with Gasteiger partial charge in [0.1, 0.15) is 30.7 Å². The Morgan fingerprint density at radius 2 is 2.10 bits per heavy atom.